The van der Waals surface area contributed by atoms with Crippen molar-refractivity contribution < 1.29 is 36.6 Å². The lowest BCUT2D eigenvalue weighted by Gasteiger charge is -2.18. The molecule has 2 aromatic carbocycles. The summed E-state index contributed by atoms with van der Waals surface area (Å²) in [6, 6.07) is 3.99. The number of carbonyl (C=O) groups excluding carboxylic acids is 1. The minimum Gasteiger partial charge on any atom is -0.478 e. The van der Waals surface area contributed by atoms with E-state index >= 15 is 4.39 Å². The molecule has 6 nitrogen and oxygen atoms in total. The zero-order valence-corrected chi connectivity index (χ0v) is 19.3. The third-order valence-electron chi connectivity index (χ3n) is 6.51. The van der Waals surface area contributed by atoms with Crippen molar-refractivity contribution in [3.8, 4) is 11.1 Å². The standard InChI is InChI=1S/C25H22F5N3O3/c1-3-13(2)33-12-14(11-31-33)21-17(22(34)35)9-16(10-20(21)27)32-23(36)24(6-7-24)18-5-4-15(8-19(18)26)25(28,29)30/h4-5,8-13H,3,6-7H2,1-2H3,(H,32,36)(H,34,35)/t13-/m0/s1. The molecule has 0 unspecified atom stereocenters. The van der Waals surface area contributed by atoms with Crippen molar-refractivity contribution in [3.63, 3.8) is 0 Å². The maximum absolute atomic E-state index is 15.1. The Morgan fingerprint density at radius 2 is 1.86 bits per heavy atom. The normalized spacial score (nSPS) is 15.4. The zero-order valence-electron chi connectivity index (χ0n) is 19.3. The number of anilines is 1. The Kier molecular flexibility index (Phi) is 6.36. The molecule has 1 heterocycles. The molecule has 4 rings (SSSR count). The monoisotopic (exact) mass is 507 g/mol. The quantitative estimate of drug-likeness (QED) is 0.374. The van der Waals surface area contributed by atoms with Crippen molar-refractivity contribution >= 4 is 17.6 Å². The number of hydrogen-bond donors (Lipinski definition) is 2. The van der Waals surface area contributed by atoms with Gasteiger partial charge in [0.25, 0.3) is 0 Å². The van der Waals surface area contributed by atoms with Crippen LogP contribution in [0.25, 0.3) is 11.1 Å². The van der Waals surface area contributed by atoms with Crippen molar-refractivity contribution in [2.24, 2.45) is 0 Å². The van der Waals surface area contributed by atoms with Crippen LogP contribution in [0.15, 0.2) is 42.7 Å². The van der Waals surface area contributed by atoms with Gasteiger partial charge < -0.3 is 10.4 Å². The van der Waals surface area contributed by atoms with Gasteiger partial charge in [-0.05, 0) is 50.5 Å². The van der Waals surface area contributed by atoms with E-state index in [0.29, 0.717) is 12.1 Å². The molecular formula is C25H22F5N3O3. The van der Waals surface area contributed by atoms with Crippen LogP contribution in [-0.2, 0) is 16.4 Å². The summed E-state index contributed by atoms with van der Waals surface area (Å²) < 4.78 is 69.9. The number of carboxylic acid groups (broad SMARTS) is 1. The lowest BCUT2D eigenvalue weighted by atomic mass is 9.93. The van der Waals surface area contributed by atoms with Crippen molar-refractivity contribution in [2.75, 3.05) is 5.32 Å². The van der Waals surface area contributed by atoms with E-state index in [0.717, 1.165) is 24.6 Å². The first-order chi connectivity index (χ1) is 16.9. The fourth-order valence-corrected chi connectivity index (χ4v) is 4.11. The first-order valence-corrected chi connectivity index (χ1v) is 11.2. The molecule has 1 amide bonds. The molecule has 190 valence electrons. The molecule has 0 bridgehead atoms. The SMILES string of the molecule is CC[C@H](C)n1cc(-c2c(F)cc(NC(=O)C3(c4ccc(C(F)(F)F)cc4F)CC3)cc2C(=O)O)cn1. The number of halogens is 5. The van der Waals surface area contributed by atoms with Crippen LogP contribution >= 0.6 is 0 Å². The van der Waals surface area contributed by atoms with Gasteiger partial charge in [0.15, 0.2) is 0 Å². The van der Waals surface area contributed by atoms with Crippen LogP contribution in [0.2, 0.25) is 0 Å². The van der Waals surface area contributed by atoms with Gasteiger partial charge in [-0.2, -0.15) is 18.3 Å². The fraction of sp³-hybridized carbons (Fsp3) is 0.320. The van der Waals surface area contributed by atoms with Crippen LogP contribution in [0.4, 0.5) is 27.6 Å². The average molecular weight is 507 g/mol. The van der Waals surface area contributed by atoms with Crippen LogP contribution in [-0.4, -0.2) is 26.8 Å². The second-order valence-corrected chi connectivity index (χ2v) is 8.88. The van der Waals surface area contributed by atoms with Gasteiger partial charge in [-0.1, -0.05) is 13.0 Å². The van der Waals surface area contributed by atoms with E-state index in [1.165, 1.54) is 12.4 Å². The molecule has 1 aliphatic carbocycles. The van der Waals surface area contributed by atoms with Gasteiger partial charge >= 0.3 is 12.1 Å². The number of amides is 1. The van der Waals surface area contributed by atoms with Gasteiger partial charge in [-0.25, -0.2) is 13.6 Å². The molecule has 1 saturated carbocycles. The second-order valence-electron chi connectivity index (χ2n) is 8.88. The predicted octanol–water partition coefficient (Wildman–Crippen LogP) is 6.19. The summed E-state index contributed by atoms with van der Waals surface area (Å²) in [6.07, 6.45) is -0.770. The number of aromatic carboxylic acids is 1. The van der Waals surface area contributed by atoms with E-state index in [-0.39, 0.29) is 41.3 Å². The van der Waals surface area contributed by atoms with E-state index in [4.69, 9.17) is 0 Å². The number of alkyl halides is 3. The van der Waals surface area contributed by atoms with E-state index in [1.54, 1.807) is 4.68 Å². The fourth-order valence-electron chi connectivity index (χ4n) is 4.11. The van der Waals surface area contributed by atoms with Crippen LogP contribution in [0, 0.1) is 11.6 Å². The van der Waals surface area contributed by atoms with Crippen molar-refractivity contribution in [3.05, 3.63) is 71.1 Å². The molecule has 3 aromatic rings. The number of aromatic nitrogens is 2. The van der Waals surface area contributed by atoms with Crippen molar-refractivity contribution in [1.82, 2.24) is 9.78 Å². The van der Waals surface area contributed by atoms with Gasteiger partial charge in [-0.3, -0.25) is 9.48 Å². The lowest BCUT2D eigenvalue weighted by molar-refractivity contribution is -0.137. The van der Waals surface area contributed by atoms with Gasteiger partial charge in [-0.15, -0.1) is 0 Å². The second kappa shape index (κ2) is 9.03. The number of rotatable bonds is 7. The average Bonchev–Trinajstić information content (AvgIpc) is 3.47. The van der Waals surface area contributed by atoms with E-state index < -0.39 is 46.2 Å². The molecular weight excluding hydrogens is 485 g/mol. The number of nitrogens with zero attached hydrogens (tertiary/aromatic N) is 2. The Hall–Kier alpha value is -3.76. The largest absolute Gasteiger partial charge is 0.478 e. The summed E-state index contributed by atoms with van der Waals surface area (Å²) in [5.74, 6) is -4.30. The van der Waals surface area contributed by atoms with Gasteiger partial charge in [0.1, 0.15) is 11.6 Å². The highest BCUT2D eigenvalue weighted by molar-refractivity contribution is 6.03. The molecule has 0 spiro atoms. The Bertz CT molecular complexity index is 1350. The summed E-state index contributed by atoms with van der Waals surface area (Å²) >= 11 is 0. The number of benzene rings is 2. The Morgan fingerprint density at radius 1 is 1.17 bits per heavy atom. The summed E-state index contributed by atoms with van der Waals surface area (Å²) in [7, 11) is 0. The van der Waals surface area contributed by atoms with Gasteiger partial charge in [0.2, 0.25) is 5.91 Å². The minimum absolute atomic E-state index is 0.00831. The summed E-state index contributed by atoms with van der Waals surface area (Å²) in [5.41, 5.74) is -3.37. The molecule has 1 aromatic heterocycles. The van der Waals surface area contributed by atoms with E-state index in [9.17, 15) is 32.3 Å². The molecule has 11 heteroatoms. The van der Waals surface area contributed by atoms with Crippen molar-refractivity contribution in [1.29, 1.82) is 0 Å². The lowest BCUT2D eigenvalue weighted by Crippen LogP contribution is -2.29. The van der Waals surface area contributed by atoms with E-state index in [1.807, 2.05) is 13.8 Å². The first kappa shape index (κ1) is 25.3. The smallest absolute Gasteiger partial charge is 0.416 e. The number of hydrogen-bond acceptors (Lipinski definition) is 3. The summed E-state index contributed by atoms with van der Waals surface area (Å²) in [5, 5.41) is 16.3. The van der Waals surface area contributed by atoms with Gasteiger partial charge in [0, 0.05) is 34.6 Å². The van der Waals surface area contributed by atoms with Crippen LogP contribution in [0.3, 0.4) is 0 Å². The number of carbonyl (C=O) groups is 2. The third kappa shape index (κ3) is 4.57. The minimum atomic E-state index is -4.74. The number of nitrogens with one attached hydrogen (secondary N) is 1. The predicted molar refractivity (Wildman–Crippen MR) is 121 cm³/mol. The Labute approximate surface area is 202 Å². The van der Waals surface area contributed by atoms with Gasteiger partial charge in [0.05, 0.1) is 22.7 Å². The molecule has 36 heavy (non-hydrogen) atoms. The Morgan fingerprint density at radius 3 is 2.42 bits per heavy atom. The molecule has 2 N–H and O–H groups in total. The maximum Gasteiger partial charge on any atom is 0.416 e. The highest BCUT2D eigenvalue weighted by Gasteiger charge is 2.53. The topological polar surface area (TPSA) is 84.2 Å². The highest BCUT2D eigenvalue weighted by Crippen LogP contribution is 2.50. The zero-order chi connectivity index (χ0) is 26.4. The molecule has 0 radical (unpaired) electrons. The van der Waals surface area contributed by atoms with Crippen molar-refractivity contribution in [2.45, 2.75) is 50.7 Å². The highest BCUT2D eigenvalue weighted by atomic mass is 19.4. The number of carboxylic acids is 1. The summed E-state index contributed by atoms with van der Waals surface area (Å²) in [6.45, 7) is 3.84. The molecule has 1 atom stereocenters. The molecule has 1 aliphatic rings. The summed E-state index contributed by atoms with van der Waals surface area (Å²) in [4.78, 5) is 24.9. The first-order valence-electron chi connectivity index (χ1n) is 11.2. The third-order valence-corrected chi connectivity index (χ3v) is 6.51. The molecule has 0 saturated heterocycles. The van der Waals surface area contributed by atoms with E-state index in [2.05, 4.69) is 10.4 Å². The molecule has 0 aliphatic heterocycles. The molecule has 1 fully saturated rings. The Balaban J connectivity index is 1.65. The van der Waals surface area contributed by atoms with Crippen LogP contribution in [0.5, 0.6) is 0 Å². The maximum atomic E-state index is 15.1. The van der Waals surface area contributed by atoms with Crippen LogP contribution < -0.4 is 5.32 Å². The van der Waals surface area contributed by atoms with Crippen LogP contribution in [0.1, 0.15) is 60.6 Å².